The van der Waals surface area contributed by atoms with E-state index in [0.717, 1.165) is 6.54 Å². The van der Waals surface area contributed by atoms with Crippen molar-refractivity contribution in [3.63, 3.8) is 0 Å². The van der Waals surface area contributed by atoms with Crippen molar-refractivity contribution in [1.29, 1.82) is 0 Å². The Balaban J connectivity index is 2.13. The van der Waals surface area contributed by atoms with E-state index in [4.69, 9.17) is 0 Å². The Morgan fingerprint density at radius 3 is 3.00 bits per heavy atom. The largest absolute Gasteiger partial charge is 0.312 e. The van der Waals surface area contributed by atoms with Crippen LogP contribution in [0, 0.1) is 0 Å². The average Bonchev–Trinajstić information content (AvgIpc) is 1.72. The van der Waals surface area contributed by atoms with E-state index in [0.29, 0.717) is 0 Å². The SMILES string of the molecule is C1=C2CCN2NCC1. The molecule has 0 spiro atoms. The molecule has 0 unspecified atom stereocenters. The molecule has 1 fully saturated rings. The van der Waals surface area contributed by atoms with Gasteiger partial charge in [-0.25, -0.2) is 5.43 Å². The summed E-state index contributed by atoms with van der Waals surface area (Å²) in [5.41, 5.74) is 4.78. The molecule has 0 atom stereocenters. The van der Waals surface area contributed by atoms with Crippen LogP contribution in [0.5, 0.6) is 0 Å². The van der Waals surface area contributed by atoms with E-state index in [1.807, 2.05) is 0 Å². The maximum absolute atomic E-state index is 3.28. The summed E-state index contributed by atoms with van der Waals surface area (Å²) in [4.78, 5) is 0. The molecule has 0 amide bonds. The molecule has 0 bridgehead atoms. The number of fused-ring (bicyclic) bond motifs is 1. The highest BCUT2D eigenvalue weighted by molar-refractivity contribution is 5.10. The van der Waals surface area contributed by atoms with Crippen LogP contribution in [0.1, 0.15) is 12.8 Å². The van der Waals surface area contributed by atoms with Crippen LogP contribution < -0.4 is 5.43 Å². The van der Waals surface area contributed by atoms with E-state index >= 15 is 0 Å². The number of hydrogen-bond acceptors (Lipinski definition) is 2. The molecule has 2 rings (SSSR count). The van der Waals surface area contributed by atoms with Gasteiger partial charge in [0.2, 0.25) is 0 Å². The molecule has 2 aliphatic rings. The third-order valence-electron chi connectivity index (χ3n) is 1.77. The molecule has 0 aromatic rings. The standard InChI is InChI=1S/C6H10N2/c1-2-6-3-5-8(6)7-4-1/h2,7H,1,3-5H2. The minimum absolute atomic E-state index is 1.13. The summed E-state index contributed by atoms with van der Waals surface area (Å²) >= 11 is 0. The molecule has 0 aromatic carbocycles. The molecule has 2 nitrogen and oxygen atoms in total. The van der Waals surface area contributed by atoms with Crippen LogP contribution in [-0.4, -0.2) is 18.1 Å². The first kappa shape index (κ1) is 4.39. The molecule has 0 saturated carbocycles. The van der Waals surface area contributed by atoms with Crippen LogP contribution in [0.2, 0.25) is 0 Å². The lowest BCUT2D eigenvalue weighted by atomic mass is 10.1. The first-order chi connectivity index (χ1) is 3.97. The molecule has 2 heterocycles. The van der Waals surface area contributed by atoms with Crippen LogP contribution in [0.25, 0.3) is 0 Å². The summed E-state index contributed by atoms with van der Waals surface area (Å²) in [7, 11) is 0. The van der Waals surface area contributed by atoms with E-state index in [-0.39, 0.29) is 0 Å². The molecule has 0 aliphatic carbocycles. The van der Waals surface area contributed by atoms with Gasteiger partial charge in [0, 0.05) is 25.2 Å². The van der Waals surface area contributed by atoms with E-state index in [1.165, 1.54) is 25.1 Å². The lowest BCUT2D eigenvalue weighted by Gasteiger charge is -2.39. The highest BCUT2D eigenvalue weighted by Gasteiger charge is 2.20. The van der Waals surface area contributed by atoms with Gasteiger partial charge in [-0.15, -0.1) is 0 Å². The summed E-state index contributed by atoms with van der Waals surface area (Å²) in [6.45, 7) is 2.34. The number of hydrazine groups is 1. The molecular formula is C6H10N2. The zero-order chi connectivity index (χ0) is 5.40. The van der Waals surface area contributed by atoms with Crippen molar-refractivity contribution in [2.24, 2.45) is 0 Å². The van der Waals surface area contributed by atoms with Crippen molar-refractivity contribution in [3.05, 3.63) is 11.8 Å². The Morgan fingerprint density at radius 1 is 1.62 bits per heavy atom. The lowest BCUT2D eigenvalue weighted by Crippen LogP contribution is -2.48. The monoisotopic (exact) mass is 110 g/mol. The first-order valence-corrected chi connectivity index (χ1v) is 3.17. The fourth-order valence-electron chi connectivity index (χ4n) is 1.18. The highest BCUT2D eigenvalue weighted by atomic mass is 15.5. The molecule has 2 heteroatoms. The van der Waals surface area contributed by atoms with Crippen molar-refractivity contribution in [1.82, 2.24) is 10.4 Å². The predicted molar refractivity (Wildman–Crippen MR) is 32.0 cm³/mol. The van der Waals surface area contributed by atoms with Gasteiger partial charge >= 0.3 is 0 Å². The van der Waals surface area contributed by atoms with Gasteiger partial charge in [0.25, 0.3) is 0 Å². The van der Waals surface area contributed by atoms with Crippen molar-refractivity contribution < 1.29 is 0 Å². The van der Waals surface area contributed by atoms with E-state index < -0.39 is 0 Å². The molecular weight excluding hydrogens is 100 g/mol. The second-order valence-corrected chi connectivity index (χ2v) is 2.29. The minimum Gasteiger partial charge on any atom is -0.312 e. The van der Waals surface area contributed by atoms with Gasteiger partial charge in [0.15, 0.2) is 0 Å². The van der Waals surface area contributed by atoms with Crippen molar-refractivity contribution in [3.8, 4) is 0 Å². The zero-order valence-corrected chi connectivity index (χ0v) is 4.85. The maximum atomic E-state index is 3.28. The molecule has 0 radical (unpaired) electrons. The van der Waals surface area contributed by atoms with Gasteiger partial charge in [0.1, 0.15) is 0 Å². The fraction of sp³-hybridized carbons (Fsp3) is 0.667. The minimum atomic E-state index is 1.13. The van der Waals surface area contributed by atoms with Crippen LogP contribution in [0.3, 0.4) is 0 Å². The number of rotatable bonds is 0. The Hall–Kier alpha value is -0.500. The van der Waals surface area contributed by atoms with Gasteiger partial charge in [0.05, 0.1) is 0 Å². The van der Waals surface area contributed by atoms with Crippen LogP contribution in [0.4, 0.5) is 0 Å². The molecule has 1 saturated heterocycles. The van der Waals surface area contributed by atoms with Crippen LogP contribution >= 0.6 is 0 Å². The zero-order valence-electron chi connectivity index (χ0n) is 4.85. The quantitative estimate of drug-likeness (QED) is 0.488. The fourth-order valence-corrected chi connectivity index (χ4v) is 1.18. The van der Waals surface area contributed by atoms with Gasteiger partial charge in [-0.2, -0.15) is 0 Å². The van der Waals surface area contributed by atoms with E-state index in [1.54, 1.807) is 0 Å². The summed E-state index contributed by atoms with van der Waals surface area (Å²) in [5, 5.41) is 2.23. The average molecular weight is 110 g/mol. The lowest BCUT2D eigenvalue weighted by molar-refractivity contribution is 0.161. The summed E-state index contributed by atoms with van der Waals surface area (Å²) in [5.74, 6) is 0. The van der Waals surface area contributed by atoms with Crippen molar-refractivity contribution >= 4 is 0 Å². The van der Waals surface area contributed by atoms with Gasteiger partial charge in [-0.05, 0) is 6.42 Å². The molecule has 2 aliphatic heterocycles. The number of hydrogen-bond donors (Lipinski definition) is 1. The number of nitrogens with zero attached hydrogens (tertiary/aromatic N) is 1. The second-order valence-electron chi connectivity index (χ2n) is 2.29. The van der Waals surface area contributed by atoms with Gasteiger partial charge in [-0.3, -0.25) is 0 Å². The topological polar surface area (TPSA) is 15.3 Å². The third-order valence-corrected chi connectivity index (χ3v) is 1.77. The van der Waals surface area contributed by atoms with E-state index in [9.17, 15) is 0 Å². The molecule has 1 N–H and O–H groups in total. The number of nitrogens with one attached hydrogen (secondary N) is 1. The molecule has 44 valence electrons. The summed E-state index contributed by atoms with van der Waals surface area (Å²) in [6, 6.07) is 0. The maximum Gasteiger partial charge on any atom is 0.0395 e. The molecule has 8 heavy (non-hydrogen) atoms. The Labute approximate surface area is 49.1 Å². The predicted octanol–water partition coefficient (Wildman–Crippen LogP) is 0.484. The summed E-state index contributed by atoms with van der Waals surface area (Å²) < 4.78 is 0. The van der Waals surface area contributed by atoms with Gasteiger partial charge < -0.3 is 5.01 Å². The van der Waals surface area contributed by atoms with Gasteiger partial charge in [-0.1, -0.05) is 6.08 Å². The summed E-state index contributed by atoms with van der Waals surface area (Å²) in [6.07, 6.45) is 4.82. The smallest absolute Gasteiger partial charge is 0.0395 e. The highest BCUT2D eigenvalue weighted by Crippen LogP contribution is 2.21. The normalized spacial score (nSPS) is 26.0. The van der Waals surface area contributed by atoms with Crippen LogP contribution in [0.15, 0.2) is 11.8 Å². The Kier molecular flexibility index (Phi) is 0.815. The third kappa shape index (κ3) is 0.464. The molecule has 0 aromatic heterocycles. The van der Waals surface area contributed by atoms with Crippen LogP contribution in [-0.2, 0) is 0 Å². The van der Waals surface area contributed by atoms with Crippen molar-refractivity contribution in [2.45, 2.75) is 12.8 Å². The first-order valence-electron chi connectivity index (χ1n) is 3.17. The Morgan fingerprint density at radius 2 is 2.62 bits per heavy atom. The second kappa shape index (κ2) is 1.49. The van der Waals surface area contributed by atoms with E-state index in [2.05, 4.69) is 16.5 Å². The van der Waals surface area contributed by atoms with Crippen molar-refractivity contribution in [2.75, 3.05) is 13.1 Å². The Bertz CT molecular complexity index is 128.